The van der Waals surface area contributed by atoms with E-state index < -0.39 is 0 Å². The average molecular weight is 358 g/mol. The SMILES string of the molecule is Cc1cccc(/C=C/C(=O)N[C@@H](C)c2cccc(Oc3ccncc3)c2)c1. The number of aryl methyl sites for hydroxylation is 1. The molecule has 1 amide bonds. The van der Waals surface area contributed by atoms with Crippen molar-refractivity contribution in [1.82, 2.24) is 10.3 Å². The second kappa shape index (κ2) is 8.81. The van der Waals surface area contributed by atoms with Gasteiger partial charge >= 0.3 is 0 Å². The Morgan fingerprint density at radius 2 is 1.81 bits per heavy atom. The molecule has 3 rings (SSSR count). The number of rotatable bonds is 6. The highest BCUT2D eigenvalue weighted by Gasteiger charge is 2.09. The zero-order chi connectivity index (χ0) is 19.1. The van der Waals surface area contributed by atoms with Gasteiger partial charge in [-0.1, -0.05) is 42.0 Å². The quantitative estimate of drug-likeness (QED) is 0.626. The fourth-order valence-electron chi connectivity index (χ4n) is 2.68. The molecule has 1 atom stereocenters. The third kappa shape index (κ3) is 5.54. The van der Waals surface area contributed by atoms with Crippen LogP contribution in [0.2, 0.25) is 0 Å². The Morgan fingerprint density at radius 1 is 1.04 bits per heavy atom. The van der Waals surface area contributed by atoms with Gasteiger partial charge in [0.25, 0.3) is 0 Å². The van der Waals surface area contributed by atoms with Crippen LogP contribution >= 0.6 is 0 Å². The van der Waals surface area contributed by atoms with Crippen molar-refractivity contribution in [2.24, 2.45) is 0 Å². The van der Waals surface area contributed by atoms with Crippen LogP contribution in [0.1, 0.15) is 29.7 Å². The van der Waals surface area contributed by atoms with Crippen molar-refractivity contribution in [3.05, 3.63) is 95.8 Å². The molecule has 1 N–H and O–H groups in total. The Labute approximate surface area is 159 Å². The predicted octanol–water partition coefficient (Wildman–Crippen LogP) is 5.07. The average Bonchev–Trinajstić information content (AvgIpc) is 2.67. The molecule has 27 heavy (non-hydrogen) atoms. The minimum atomic E-state index is -0.138. The number of ether oxygens (including phenoxy) is 1. The summed E-state index contributed by atoms with van der Waals surface area (Å²) < 4.78 is 5.82. The van der Waals surface area contributed by atoms with Crippen molar-refractivity contribution >= 4 is 12.0 Å². The van der Waals surface area contributed by atoms with Crippen molar-refractivity contribution in [1.29, 1.82) is 0 Å². The van der Waals surface area contributed by atoms with E-state index >= 15 is 0 Å². The molecule has 0 aliphatic carbocycles. The molecule has 3 aromatic rings. The van der Waals surface area contributed by atoms with Gasteiger partial charge in [-0.25, -0.2) is 0 Å². The molecule has 0 aliphatic rings. The van der Waals surface area contributed by atoms with Crippen LogP contribution in [0, 0.1) is 6.92 Å². The highest BCUT2D eigenvalue weighted by molar-refractivity contribution is 5.92. The fourth-order valence-corrected chi connectivity index (χ4v) is 2.68. The van der Waals surface area contributed by atoms with Crippen molar-refractivity contribution < 1.29 is 9.53 Å². The Kier molecular flexibility index (Phi) is 6.00. The Morgan fingerprint density at radius 3 is 2.59 bits per heavy atom. The van der Waals surface area contributed by atoms with Crippen LogP contribution in [0.15, 0.2) is 79.1 Å². The number of pyridine rings is 1. The molecule has 0 unspecified atom stereocenters. The summed E-state index contributed by atoms with van der Waals surface area (Å²) in [6.45, 7) is 3.98. The first-order valence-electron chi connectivity index (χ1n) is 8.83. The highest BCUT2D eigenvalue weighted by Crippen LogP contribution is 2.24. The highest BCUT2D eigenvalue weighted by atomic mass is 16.5. The molecule has 1 heterocycles. The van der Waals surface area contributed by atoms with Crippen molar-refractivity contribution in [3.8, 4) is 11.5 Å². The summed E-state index contributed by atoms with van der Waals surface area (Å²) in [6.07, 6.45) is 6.74. The molecule has 2 aromatic carbocycles. The first kappa shape index (κ1) is 18.4. The monoisotopic (exact) mass is 358 g/mol. The van der Waals surface area contributed by atoms with E-state index in [2.05, 4.69) is 10.3 Å². The largest absolute Gasteiger partial charge is 0.457 e. The van der Waals surface area contributed by atoms with Crippen LogP contribution in [-0.2, 0) is 4.79 Å². The first-order valence-corrected chi connectivity index (χ1v) is 8.83. The lowest BCUT2D eigenvalue weighted by atomic mass is 10.1. The summed E-state index contributed by atoms with van der Waals surface area (Å²) in [5.74, 6) is 1.31. The molecule has 1 aromatic heterocycles. The first-order chi connectivity index (χ1) is 13.1. The molecule has 0 fully saturated rings. The lowest BCUT2D eigenvalue weighted by Gasteiger charge is -2.14. The molecule has 0 radical (unpaired) electrons. The van der Waals surface area contributed by atoms with Gasteiger partial charge in [-0.05, 0) is 55.3 Å². The van der Waals surface area contributed by atoms with E-state index in [1.54, 1.807) is 30.6 Å². The van der Waals surface area contributed by atoms with Crippen molar-refractivity contribution in [3.63, 3.8) is 0 Å². The van der Waals surface area contributed by atoms with E-state index in [-0.39, 0.29) is 11.9 Å². The maximum absolute atomic E-state index is 12.2. The molecule has 0 saturated heterocycles. The number of hydrogen-bond donors (Lipinski definition) is 1. The van der Waals surface area contributed by atoms with Gasteiger partial charge in [-0.3, -0.25) is 9.78 Å². The van der Waals surface area contributed by atoms with Gasteiger partial charge in [0, 0.05) is 18.5 Å². The maximum Gasteiger partial charge on any atom is 0.244 e. The molecule has 0 spiro atoms. The Balaban J connectivity index is 1.62. The third-order valence-corrected chi connectivity index (χ3v) is 4.07. The summed E-state index contributed by atoms with van der Waals surface area (Å²) in [4.78, 5) is 16.2. The van der Waals surface area contributed by atoms with Gasteiger partial charge in [0.1, 0.15) is 11.5 Å². The Hall–Kier alpha value is -3.40. The molecular weight excluding hydrogens is 336 g/mol. The smallest absolute Gasteiger partial charge is 0.244 e. The number of carbonyl (C=O) groups is 1. The van der Waals surface area contributed by atoms with Gasteiger partial charge in [-0.2, -0.15) is 0 Å². The standard InChI is InChI=1S/C23H22N2O2/c1-17-5-3-6-19(15-17)9-10-23(26)25-18(2)20-7-4-8-22(16-20)27-21-11-13-24-14-12-21/h3-16,18H,1-2H3,(H,25,26)/b10-9+/t18-/m0/s1. The molecule has 0 bridgehead atoms. The fraction of sp³-hybridized carbons (Fsp3) is 0.130. The van der Waals surface area contributed by atoms with Crippen LogP contribution in [0.5, 0.6) is 11.5 Å². The number of nitrogens with one attached hydrogen (secondary N) is 1. The number of aromatic nitrogens is 1. The predicted molar refractivity (Wildman–Crippen MR) is 108 cm³/mol. The lowest BCUT2D eigenvalue weighted by molar-refractivity contribution is -0.117. The minimum absolute atomic E-state index is 0.135. The van der Waals surface area contributed by atoms with E-state index in [1.807, 2.05) is 68.5 Å². The second-order valence-corrected chi connectivity index (χ2v) is 6.34. The second-order valence-electron chi connectivity index (χ2n) is 6.34. The molecule has 4 heteroatoms. The van der Waals surface area contributed by atoms with Gasteiger partial charge in [0.15, 0.2) is 0 Å². The minimum Gasteiger partial charge on any atom is -0.457 e. The number of benzene rings is 2. The van der Waals surface area contributed by atoms with E-state index in [4.69, 9.17) is 4.74 Å². The normalized spacial score (nSPS) is 11.9. The molecule has 4 nitrogen and oxygen atoms in total. The van der Waals surface area contributed by atoms with E-state index in [0.717, 1.165) is 28.2 Å². The maximum atomic E-state index is 12.2. The summed E-state index contributed by atoms with van der Waals surface area (Å²) in [5.41, 5.74) is 3.14. The van der Waals surface area contributed by atoms with Gasteiger partial charge < -0.3 is 10.1 Å². The van der Waals surface area contributed by atoms with Crippen molar-refractivity contribution in [2.45, 2.75) is 19.9 Å². The molecule has 0 aliphatic heterocycles. The molecule has 0 saturated carbocycles. The third-order valence-electron chi connectivity index (χ3n) is 4.07. The van der Waals surface area contributed by atoms with Gasteiger partial charge in [-0.15, -0.1) is 0 Å². The Bertz CT molecular complexity index is 936. The van der Waals surface area contributed by atoms with Crippen LogP contribution in [0.4, 0.5) is 0 Å². The summed E-state index contributed by atoms with van der Waals surface area (Å²) >= 11 is 0. The van der Waals surface area contributed by atoms with E-state index in [0.29, 0.717) is 0 Å². The zero-order valence-corrected chi connectivity index (χ0v) is 15.4. The number of amides is 1. The summed E-state index contributed by atoms with van der Waals surface area (Å²) in [5, 5.41) is 2.98. The molecule has 136 valence electrons. The molecular formula is C23H22N2O2. The van der Waals surface area contributed by atoms with Crippen molar-refractivity contribution in [2.75, 3.05) is 0 Å². The zero-order valence-electron chi connectivity index (χ0n) is 15.4. The van der Waals surface area contributed by atoms with Gasteiger partial charge in [0.2, 0.25) is 5.91 Å². The number of carbonyl (C=O) groups excluding carboxylic acids is 1. The lowest BCUT2D eigenvalue weighted by Crippen LogP contribution is -2.24. The van der Waals surface area contributed by atoms with Crippen LogP contribution in [0.25, 0.3) is 6.08 Å². The number of nitrogens with zero attached hydrogens (tertiary/aromatic N) is 1. The van der Waals surface area contributed by atoms with Crippen LogP contribution < -0.4 is 10.1 Å². The topological polar surface area (TPSA) is 51.2 Å². The summed E-state index contributed by atoms with van der Waals surface area (Å²) in [7, 11) is 0. The van der Waals surface area contributed by atoms with Gasteiger partial charge in [0.05, 0.1) is 6.04 Å². The van der Waals surface area contributed by atoms with E-state index in [9.17, 15) is 4.79 Å². The number of hydrogen-bond acceptors (Lipinski definition) is 3. The van der Waals surface area contributed by atoms with Crippen LogP contribution in [0.3, 0.4) is 0 Å². The summed E-state index contributed by atoms with van der Waals surface area (Å²) in [6, 6.07) is 19.2. The van der Waals surface area contributed by atoms with E-state index in [1.165, 1.54) is 0 Å². The van der Waals surface area contributed by atoms with Crippen LogP contribution in [-0.4, -0.2) is 10.9 Å².